The first-order valence-corrected chi connectivity index (χ1v) is 11.5. The van der Waals surface area contributed by atoms with E-state index in [-0.39, 0.29) is 18.3 Å². The number of benzene rings is 1. The summed E-state index contributed by atoms with van der Waals surface area (Å²) in [4.78, 5) is 0.293. The SMILES string of the molecule is CCCOc1ccc(S(=O)(=O)N2CCC3(CC2)CC(OCCO)CCO3)cc1. The monoisotopic (exact) mass is 413 g/mol. The third-order valence-corrected chi connectivity index (χ3v) is 7.37. The van der Waals surface area contributed by atoms with Crippen molar-refractivity contribution in [2.45, 2.75) is 55.6 Å². The molecule has 2 fully saturated rings. The van der Waals surface area contributed by atoms with Crippen molar-refractivity contribution in [2.24, 2.45) is 0 Å². The molecule has 0 bridgehead atoms. The summed E-state index contributed by atoms with van der Waals surface area (Å²) in [7, 11) is -3.52. The predicted molar refractivity (Wildman–Crippen MR) is 105 cm³/mol. The lowest BCUT2D eigenvalue weighted by Crippen LogP contribution is -2.52. The Morgan fingerprint density at radius 1 is 1.21 bits per heavy atom. The minimum atomic E-state index is -3.52. The summed E-state index contributed by atoms with van der Waals surface area (Å²) in [5.74, 6) is 0.683. The Balaban J connectivity index is 1.60. The highest BCUT2D eigenvalue weighted by Gasteiger charge is 2.43. The fourth-order valence-corrected chi connectivity index (χ4v) is 5.35. The molecule has 1 aromatic rings. The maximum Gasteiger partial charge on any atom is 0.243 e. The average Bonchev–Trinajstić information content (AvgIpc) is 2.71. The molecule has 7 nitrogen and oxygen atoms in total. The molecule has 2 heterocycles. The van der Waals surface area contributed by atoms with Gasteiger partial charge in [0.15, 0.2) is 0 Å². The van der Waals surface area contributed by atoms with Gasteiger partial charge in [0.2, 0.25) is 10.0 Å². The van der Waals surface area contributed by atoms with Crippen LogP contribution in [-0.2, 0) is 19.5 Å². The number of sulfonamides is 1. The van der Waals surface area contributed by atoms with E-state index in [9.17, 15) is 8.42 Å². The molecular weight excluding hydrogens is 382 g/mol. The highest BCUT2D eigenvalue weighted by atomic mass is 32.2. The van der Waals surface area contributed by atoms with Gasteiger partial charge >= 0.3 is 0 Å². The zero-order chi connectivity index (χ0) is 20.0. The summed E-state index contributed by atoms with van der Waals surface area (Å²) >= 11 is 0. The summed E-state index contributed by atoms with van der Waals surface area (Å²) < 4.78 is 44.8. The van der Waals surface area contributed by atoms with Crippen LogP contribution in [0.1, 0.15) is 39.0 Å². The molecule has 158 valence electrons. The van der Waals surface area contributed by atoms with Gasteiger partial charge in [0.1, 0.15) is 5.75 Å². The van der Waals surface area contributed by atoms with E-state index in [0.717, 1.165) is 19.3 Å². The Labute approximate surface area is 167 Å². The van der Waals surface area contributed by atoms with Gasteiger partial charge < -0.3 is 19.3 Å². The second-order valence-corrected chi connectivity index (χ2v) is 9.40. The fourth-order valence-electron chi connectivity index (χ4n) is 3.90. The van der Waals surface area contributed by atoms with Crippen LogP contribution in [0.5, 0.6) is 5.75 Å². The van der Waals surface area contributed by atoms with Gasteiger partial charge in [-0.05, 0) is 49.9 Å². The predicted octanol–water partition coefficient (Wildman–Crippen LogP) is 2.19. The number of aliphatic hydroxyl groups excluding tert-OH is 1. The van der Waals surface area contributed by atoms with E-state index >= 15 is 0 Å². The number of ether oxygens (including phenoxy) is 3. The van der Waals surface area contributed by atoms with E-state index in [0.29, 0.717) is 56.4 Å². The van der Waals surface area contributed by atoms with Gasteiger partial charge in [-0.25, -0.2) is 8.42 Å². The molecule has 2 saturated heterocycles. The van der Waals surface area contributed by atoms with Gasteiger partial charge in [0.05, 0.1) is 36.4 Å². The van der Waals surface area contributed by atoms with Crippen LogP contribution in [0.4, 0.5) is 0 Å². The molecule has 0 amide bonds. The Hall–Kier alpha value is -1.19. The molecule has 28 heavy (non-hydrogen) atoms. The van der Waals surface area contributed by atoms with Crippen molar-refractivity contribution < 1.29 is 27.7 Å². The van der Waals surface area contributed by atoms with Crippen molar-refractivity contribution in [3.63, 3.8) is 0 Å². The summed E-state index contributed by atoms with van der Waals surface area (Å²) in [6.45, 7) is 4.47. The minimum absolute atomic E-state index is 0.0126. The number of aliphatic hydroxyl groups is 1. The topological polar surface area (TPSA) is 85.3 Å². The zero-order valence-corrected chi connectivity index (χ0v) is 17.3. The molecule has 0 saturated carbocycles. The second kappa shape index (κ2) is 9.54. The van der Waals surface area contributed by atoms with Crippen molar-refractivity contribution in [3.8, 4) is 5.75 Å². The van der Waals surface area contributed by atoms with Crippen LogP contribution in [0.15, 0.2) is 29.2 Å². The van der Waals surface area contributed by atoms with Crippen LogP contribution in [0, 0.1) is 0 Å². The van der Waals surface area contributed by atoms with E-state index in [1.165, 1.54) is 0 Å². The summed E-state index contributed by atoms with van der Waals surface area (Å²) in [5.41, 5.74) is -0.317. The maximum absolute atomic E-state index is 13.0. The van der Waals surface area contributed by atoms with Gasteiger partial charge in [-0.3, -0.25) is 0 Å². The lowest BCUT2D eigenvalue weighted by atomic mass is 9.84. The molecule has 1 aromatic carbocycles. The van der Waals surface area contributed by atoms with Crippen LogP contribution in [0.3, 0.4) is 0 Å². The Kier molecular flexibility index (Phi) is 7.33. The average molecular weight is 414 g/mol. The molecule has 0 radical (unpaired) electrons. The van der Waals surface area contributed by atoms with Crippen LogP contribution in [-0.4, -0.2) is 69.1 Å². The number of hydrogen-bond acceptors (Lipinski definition) is 6. The molecule has 0 aromatic heterocycles. The summed E-state index contributed by atoms with van der Waals surface area (Å²) in [6.07, 6.45) is 3.86. The molecule has 1 unspecified atom stereocenters. The van der Waals surface area contributed by atoms with Crippen LogP contribution < -0.4 is 4.74 Å². The number of nitrogens with zero attached hydrogens (tertiary/aromatic N) is 1. The number of rotatable bonds is 8. The zero-order valence-electron chi connectivity index (χ0n) is 16.5. The van der Waals surface area contributed by atoms with Crippen molar-refractivity contribution in [1.29, 1.82) is 0 Å². The summed E-state index contributed by atoms with van der Waals surface area (Å²) in [6, 6.07) is 6.64. The van der Waals surface area contributed by atoms with E-state index < -0.39 is 10.0 Å². The highest BCUT2D eigenvalue weighted by molar-refractivity contribution is 7.89. The summed E-state index contributed by atoms with van der Waals surface area (Å²) in [5, 5.41) is 8.95. The fraction of sp³-hybridized carbons (Fsp3) is 0.700. The van der Waals surface area contributed by atoms with Gasteiger partial charge in [-0.1, -0.05) is 6.92 Å². The Bertz CT molecular complexity index is 713. The van der Waals surface area contributed by atoms with E-state index in [1.807, 2.05) is 6.92 Å². The molecule has 8 heteroatoms. The third kappa shape index (κ3) is 5.04. The first-order valence-electron chi connectivity index (χ1n) is 10.1. The van der Waals surface area contributed by atoms with E-state index in [1.54, 1.807) is 28.6 Å². The van der Waals surface area contributed by atoms with Crippen LogP contribution >= 0.6 is 0 Å². The molecular formula is C20H31NO6S. The van der Waals surface area contributed by atoms with Crippen LogP contribution in [0.25, 0.3) is 0 Å². The quantitative estimate of drug-likeness (QED) is 0.703. The smallest absolute Gasteiger partial charge is 0.243 e. The molecule has 1 N–H and O–H groups in total. The molecule has 2 aliphatic rings. The van der Waals surface area contributed by atoms with Crippen molar-refractivity contribution in [2.75, 3.05) is 39.5 Å². The second-order valence-electron chi connectivity index (χ2n) is 7.46. The van der Waals surface area contributed by atoms with Crippen molar-refractivity contribution in [1.82, 2.24) is 4.31 Å². The van der Waals surface area contributed by atoms with E-state index in [4.69, 9.17) is 19.3 Å². The minimum Gasteiger partial charge on any atom is -0.494 e. The van der Waals surface area contributed by atoms with Crippen molar-refractivity contribution in [3.05, 3.63) is 24.3 Å². The number of piperidine rings is 1. The van der Waals surface area contributed by atoms with E-state index in [2.05, 4.69) is 0 Å². The molecule has 2 aliphatic heterocycles. The number of hydrogen-bond donors (Lipinski definition) is 1. The molecule has 1 spiro atoms. The highest BCUT2D eigenvalue weighted by Crippen LogP contribution is 2.37. The molecule has 3 rings (SSSR count). The maximum atomic E-state index is 13.0. The van der Waals surface area contributed by atoms with Crippen LogP contribution in [0.2, 0.25) is 0 Å². The first kappa shape index (κ1) is 21.5. The normalized spacial score (nSPS) is 23.0. The first-order chi connectivity index (χ1) is 13.5. The Morgan fingerprint density at radius 3 is 2.57 bits per heavy atom. The standard InChI is InChI=1S/C20H31NO6S/c1-2-13-25-17-3-5-19(6-4-17)28(23,24)21-10-8-20(9-11-21)16-18(7-14-27-20)26-15-12-22/h3-6,18,22H,2,7-16H2,1H3. The van der Waals surface area contributed by atoms with Gasteiger partial charge in [0.25, 0.3) is 0 Å². The molecule has 1 atom stereocenters. The lowest BCUT2D eigenvalue weighted by molar-refractivity contribution is -0.152. The largest absolute Gasteiger partial charge is 0.494 e. The Morgan fingerprint density at radius 2 is 1.93 bits per heavy atom. The van der Waals surface area contributed by atoms with Crippen molar-refractivity contribution >= 4 is 10.0 Å². The lowest BCUT2D eigenvalue weighted by Gasteiger charge is -2.45. The van der Waals surface area contributed by atoms with Gasteiger partial charge in [-0.15, -0.1) is 0 Å². The third-order valence-electron chi connectivity index (χ3n) is 5.46. The molecule has 0 aliphatic carbocycles. The van der Waals surface area contributed by atoms with Gasteiger partial charge in [0, 0.05) is 26.1 Å². The van der Waals surface area contributed by atoms with Gasteiger partial charge in [-0.2, -0.15) is 4.31 Å².